The summed E-state index contributed by atoms with van der Waals surface area (Å²) in [7, 11) is 0. The van der Waals surface area contributed by atoms with Gasteiger partial charge in [-0.1, -0.05) is 12.1 Å². The van der Waals surface area contributed by atoms with E-state index >= 15 is 0 Å². The lowest BCUT2D eigenvalue weighted by Crippen LogP contribution is -2.30. The van der Waals surface area contributed by atoms with Crippen LogP contribution in [-0.4, -0.2) is 22.2 Å². The van der Waals surface area contributed by atoms with E-state index in [1.54, 1.807) is 23.0 Å². The van der Waals surface area contributed by atoms with Crippen molar-refractivity contribution in [2.24, 2.45) is 5.73 Å². The van der Waals surface area contributed by atoms with Crippen LogP contribution in [0, 0.1) is 0 Å². The quantitative estimate of drug-likeness (QED) is 0.884. The Bertz CT molecular complexity index is 451. The molecular formula is C12H13F2N3. The summed E-state index contributed by atoms with van der Waals surface area (Å²) >= 11 is 0. The van der Waals surface area contributed by atoms with E-state index in [1.165, 1.54) is 0 Å². The molecule has 0 aliphatic heterocycles. The number of nitrogens with zero attached hydrogens (tertiary/aromatic N) is 2. The Morgan fingerprint density at radius 3 is 2.47 bits per heavy atom. The number of halogens is 2. The zero-order chi connectivity index (χ0) is 12.3. The van der Waals surface area contributed by atoms with Crippen LogP contribution in [-0.2, 0) is 6.42 Å². The molecule has 1 aromatic carbocycles. The molecule has 0 saturated heterocycles. The summed E-state index contributed by atoms with van der Waals surface area (Å²) in [6, 6.07) is 7.96. The lowest BCUT2D eigenvalue weighted by molar-refractivity contribution is 0.116. The first-order valence-electron chi connectivity index (χ1n) is 5.29. The smallest absolute Gasteiger partial charge is 0.253 e. The Morgan fingerprint density at radius 1 is 1.24 bits per heavy atom. The molecule has 1 aromatic heterocycles. The third-order valence-corrected chi connectivity index (χ3v) is 2.50. The molecule has 1 atom stereocenters. The minimum Gasteiger partial charge on any atom is -0.323 e. The van der Waals surface area contributed by atoms with Crippen molar-refractivity contribution in [2.75, 3.05) is 0 Å². The third kappa shape index (κ3) is 2.88. The third-order valence-electron chi connectivity index (χ3n) is 2.50. The summed E-state index contributed by atoms with van der Waals surface area (Å²) in [5.74, 6) is 0. The van der Waals surface area contributed by atoms with Crippen molar-refractivity contribution in [3.05, 3.63) is 48.3 Å². The standard InChI is InChI=1S/C12H13F2N3/c13-12(14)11(15)8-9-2-4-10(5-3-9)17-7-1-6-16-17/h1-7,11-12H,8,15H2. The summed E-state index contributed by atoms with van der Waals surface area (Å²) in [5.41, 5.74) is 7.01. The highest BCUT2D eigenvalue weighted by Gasteiger charge is 2.15. The number of rotatable bonds is 4. The van der Waals surface area contributed by atoms with Crippen LogP contribution in [0.3, 0.4) is 0 Å². The summed E-state index contributed by atoms with van der Waals surface area (Å²) in [5, 5.41) is 4.08. The summed E-state index contributed by atoms with van der Waals surface area (Å²) in [6.45, 7) is 0. The molecule has 0 aliphatic carbocycles. The molecule has 1 unspecified atom stereocenters. The molecule has 1 heterocycles. The molecule has 3 nitrogen and oxygen atoms in total. The van der Waals surface area contributed by atoms with Crippen LogP contribution < -0.4 is 5.73 Å². The Morgan fingerprint density at radius 2 is 1.94 bits per heavy atom. The predicted molar refractivity (Wildman–Crippen MR) is 61.2 cm³/mol. The van der Waals surface area contributed by atoms with Gasteiger partial charge in [-0.15, -0.1) is 0 Å². The first kappa shape index (κ1) is 11.7. The summed E-state index contributed by atoms with van der Waals surface area (Å²) in [4.78, 5) is 0. The Balaban J connectivity index is 2.08. The van der Waals surface area contributed by atoms with E-state index in [1.807, 2.05) is 24.4 Å². The second-order valence-electron chi connectivity index (χ2n) is 3.82. The number of hydrogen-bond donors (Lipinski definition) is 1. The molecule has 5 heteroatoms. The van der Waals surface area contributed by atoms with Crippen molar-refractivity contribution in [1.29, 1.82) is 0 Å². The normalized spacial score (nSPS) is 12.9. The highest BCUT2D eigenvalue weighted by molar-refractivity contribution is 5.34. The molecule has 2 rings (SSSR count). The van der Waals surface area contributed by atoms with Crippen molar-refractivity contribution in [3.8, 4) is 5.69 Å². The SMILES string of the molecule is NC(Cc1ccc(-n2cccn2)cc1)C(F)F. The van der Waals surface area contributed by atoms with Crippen LogP contribution in [0.1, 0.15) is 5.56 Å². The zero-order valence-corrected chi connectivity index (χ0v) is 9.13. The molecular weight excluding hydrogens is 224 g/mol. The van der Waals surface area contributed by atoms with Crippen LogP contribution in [0.15, 0.2) is 42.7 Å². The highest BCUT2D eigenvalue weighted by Crippen LogP contribution is 2.11. The molecule has 2 aromatic rings. The van der Waals surface area contributed by atoms with Crippen LogP contribution >= 0.6 is 0 Å². The van der Waals surface area contributed by atoms with Gasteiger partial charge in [0, 0.05) is 12.4 Å². The molecule has 17 heavy (non-hydrogen) atoms. The van der Waals surface area contributed by atoms with E-state index in [0.717, 1.165) is 11.3 Å². The minimum atomic E-state index is -2.49. The maximum atomic E-state index is 12.3. The van der Waals surface area contributed by atoms with Crippen molar-refractivity contribution in [2.45, 2.75) is 18.9 Å². The van der Waals surface area contributed by atoms with Crippen LogP contribution in [0.4, 0.5) is 8.78 Å². The van der Waals surface area contributed by atoms with Gasteiger partial charge in [0.25, 0.3) is 6.43 Å². The van der Waals surface area contributed by atoms with Crippen LogP contribution in [0.25, 0.3) is 5.69 Å². The average molecular weight is 237 g/mol. The van der Waals surface area contributed by atoms with Gasteiger partial charge < -0.3 is 5.73 Å². The fraction of sp³-hybridized carbons (Fsp3) is 0.250. The Kier molecular flexibility index (Phi) is 3.49. The number of nitrogens with two attached hydrogens (primary N) is 1. The highest BCUT2D eigenvalue weighted by atomic mass is 19.3. The summed E-state index contributed by atoms with van der Waals surface area (Å²) in [6.07, 6.45) is 1.19. The van der Waals surface area contributed by atoms with Crippen molar-refractivity contribution in [1.82, 2.24) is 9.78 Å². The molecule has 90 valence electrons. The lowest BCUT2D eigenvalue weighted by atomic mass is 10.1. The monoisotopic (exact) mass is 237 g/mol. The molecule has 0 amide bonds. The predicted octanol–water partition coefficient (Wildman–Crippen LogP) is 2.01. The molecule has 0 aliphatic rings. The van der Waals surface area contributed by atoms with Crippen LogP contribution in [0.5, 0.6) is 0 Å². The first-order valence-corrected chi connectivity index (χ1v) is 5.29. The molecule has 0 fully saturated rings. The van der Waals surface area contributed by atoms with E-state index in [9.17, 15) is 8.78 Å². The van der Waals surface area contributed by atoms with Gasteiger partial charge >= 0.3 is 0 Å². The van der Waals surface area contributed by atoms with E-state index < -0.39 is 12.5 Å². The fourth-order valence-electron chi connectivity index (χ4n) is 1.57. The molecule has 2 N–H and O–H groups in total. The fourth-order valence-corrected chi connectivity index (χ4v) is 1.57. The Labute approximate surface area is 97.9 Å². The van der Waals surface area contributed by atoms with E-state index in [0.29, 0.717) is 0 Å². The molecule has 0 radical (unpaired) electrons. The van der Waals surface area contributed by atoms with Gasteiger partial charge in [0.2, 0.25) is 0 Å². The van der Waals surface area contributed by atoms with Crippen molar-refractivity contribution >= 4 is 0 Å². The van der Waals surface area contributed by atoms with E-state index in [-0.39, 0.29) is 6.42 Å². The maximum Gasteiger partial charge on any atom is 0.253 e. The number of hydrogen-bond acceptors (Lipinski definition) is 2. The van der Waals surface area contributed by atoms with Gasteiger partial charge in [-0.05, 0) is 30.2 Å². The average Bonchev–Trinajstić information content (AvgIpc) is 2.83. The van der Waals surface area contributed by atoms with Gasteiger partial charge in [-0.25, -0.2) is 13.5 Å². The van der Waals surface area contributed by atoms with Gasteiger partial charge in [0.1, 0.15) is 0 Å². The number of alkyl halides is 2. The Hall–Kier alpha value is -1.75. The van der Waals surface area contributed by atoms with Crippen molar-refractivity contribution < 1.29 is 8.78 Å². The number of aromatic nitrogens is 2. The zero-order valence-electron chi connectivity index (χ0n) is 9.13. The van der Waals surface area contributed by atoms with E-state index in [4.69, 9.17) is 5.73 Å². The topological polar surface area (TPSA) is 43.8 Å². The first-order chi connectivity index (χ1) is 8.16. The van der Waals surface area contributed by atoms with E-state index in [2.05, 4.69) is 5.10 Å². The largest absolute Gasteiger partial charge is 0.323 e. The molecule has 0 bridgehead atoms. The number of benzene rings is 1. The van der Waals surface area contributed by atoms with Gasteiger partial charge in [0.15, 0.2) is 0 Å². The second kappa shape index (κ2) is 5.05. The maximum absolute atomic E-state index is 12.3. The second-order valence-corrected chi connectivity index (χ2v) is 3.82. The molecule has 0 saturated carbocycles. The van der Waals surface area contributed by atoms with Crippen molar-refractivity contribution in [3.63, 3.8) is 0 Å². The lowest BCUT2D eigenvalue weighted by Gasteiger charge is -2.10. The summed E-state index contributed by atoms with van der Waals surface area (Å²) < 4.78 is 26.3. The minimum absolute atomic E-state index is 0.178. The van der Waals surface area contributed by atoms with Gasteiger partial charge in [0.05, 0.1) is 11.7 Å². The molecule has 0 spiro atoms. The van der Waals surface area contributed by atoms with Crippen LogP contribution in [0.2, 0.25) is 0 Å². The van der Waals surface area contributed by atoms with Gasteiger partial charge in [-0.3, -0.25) is 0 Å². The van der Waals surface area contributed by atoms with Gasteiger partial charge in [-0.2, -0.15) is 5.10 Å².